The molecule has 1 unspecified atom stereocenters. The van der Waals surface area contributed by atoms with Crippen LogP contribution in [0.2, 0.25) is 0 Å². The van der Waals surface area contributed by atoms with Gasteiger partial charge in [0.25, 0.3) is 0 Å². The molecule has 1 aliphatic heterocycles. The molecule has 1 aromatic rings. The fourth-order valence-corrected chi connectivity index (χ4v) is 4.06. The minimum atomic E-state index is -3.34. The van der Waals surface area contributed by atoms with Crippen molar-refractivity contribution in [2.45, 2.75) is 38.8 Å². The molecule has 8 nitrogen and oxygen atoms in total. The molecule has 112 valence electrons. The highest BCUT2D eigenvalue weighted by molar-refractivity contribution is 7.89. The Labute approximate surface area is 118 Å². The number of carbonyl (C=O) groups is 1. The van der Waals surface area contributed by atoms with Gasteiger partial charge in [-0.15, -0.1) is 0 Å². The molecule has 1 fully saturated rings. The van der Waals surface area contributed by atoms with Gasteiger partial charge in [0, 0.05) is 6.54 Å². The second-order valence-electron chi connectivity index (χ2n) is 4.73. The van der Waals surface area contributed by atoms with Gasteiger partial charge in [0.05, 0.1) is 12.3 Å². The van der Waals surface area contributed by atoms with Crippen LogP contribution in [-0.2, 0) is 21.4 Å². The van der Waals surface area contributed by atoms with Crippen molar-refractivity contribution in [3.63, 3.8) is 0 Å². The van der Waals surface area contributed by atoms with Crippen LogP contribution in [0, 0.1) is 0 Å². The topological polar surface area (TPSA) is 108 Å². The Balaban J connectivity index is 1.98. The molecule has 2 N–H and O–H groups in total. The average molecular weight is 301 g/mol. The number of aromatic amines is 1. The summed E-state index contributed by atoms with van der Waals surface area (Å²) < 4.78 is 25.5. The zero-order valence-electron chi connectivity index (χ0n) is 11.4. The summed E-state index contributed by atoms with van der Waals surface area (Å²) in [6, 6.07) is -0.602. The quantitative estimate of drug-likeness (QED) is 0.745. The zero-order valence-corrected chi connectivity index (χ0v) is 12.2. The number of amides is 1. The van der Waals surface area contributed by atoms with Crippen LogP contribution >= 0.6 is 0 Å². The number of sulfonamides is 1. The minimum absolute atomic E-state index is 0.0822. The third-order valence-electron chi connectivity index (χ3n) is 3.22. The lowest BCUT2D eigenvalue weighted by Gasteiger charge is -2.22. The lowest BCUT2D eigenvalue weighted by atomic mass is 10.2. The Bertz CT molecular complexity index is 542. The van der Waals surface area contributed by atoms with Crippen molar-refractivity contribution in [1.82, 2.24) is 24.8 Å². The molecule has 0 saturated carbocycles. The summed E-state index contributed by atoms with van der Waals surface area (Å²) in [5, 5.41) is 9.01. The van der Waals surface area contributed by atoms with Crippen LogP contribution in [0.25, 0.3) is 0 Å². The van der Waals surface area contributed by atoms with E-state index in [1.165, 1.54) is 10.6 Å². The van der Waals surface area contributed by atoms with Crippen molar-refractivity contribution in [1.29, 1.82) is 0 Å². The first-order valence-corrected chi connectivity index (χ1v) is 8.27. The van der Waals surface area contributed by atoms with Crippen LogP contribution in [-0.4, -0.2) is 52.2 Å². The molecular formula is C11H19N5O3S. The molecule has 1 aliphatic rings. The van der Waals surface area contributed by atoms with Gasteiger partial charge in [0.1, 0.15) is 18.2 Å². The summed E-state index contributed by atoms with van der Waals surface area (Å²) in [6.07, 6.45) is 3.18. The predicted molar refractivity (Wildman–Crippen MR) is 72.0 cm³/mol. The summed E-state index contributed by atoms with van der Waals surface area (Å²) in [5.41, 5.74) is 0. The molecule has 2 heterocycles. The fraction of sp³-hybridized carbons (Fsp3) is 0.727. The predicted octanol–water partition coefficient (Wildman–Crippen LogP) is -0.375. The van der Waals surface area contributed by atoms with Gasteiger partial charge in [-0.1, -0.05) is 6.92 Å². The van der Waals surface area contributed by atoms with Gasteiger partial charge in [-0.2, -0.15) is 9.40 Å². The van der Waals surface area contributed by atoms with Gasteiger partial charge >= 0.3 is 0 Å². The minimum Gasteiger partial charge on any atom is -0.347 e. The number of aromatic nitrogens is 3. The number of nitrogens with zero attached hydrogens (tertiary/aromatic N) is 3. The molecule has 20 heavy (non-hydrogen) atoms. The zero-order chi connectivity index (χ0) is 14.6. The van der Waals surface area contributed by atoms with E-state index in [0.717, 1.165) is 0 Å². The maximum absolute atomic E-state index is 12.1. The molecule has 1 aromatic heterocycles. The van der Waals surface area contributed by atoms with Crippen molar-refractivity contribution in [3.8, 4) is 0 Å². The van der Waals surface area contributed by atoms with Crippen molar-refractivity contribution >= 4 is 15.9 Å². The van der Waals surface area contributed by atoms with E-state index in [1.807, 2.05) is 6.92 Å². The van der Waals surface area contributed by atoms with E-state index < -0.39 is 16.1 Å². The fourth-order valence-electron chi connectivity index (χ4n) is 2.31. The number of hydrogen-bond acceptors (Lipinski definition) is 5. The van der Waals surface area contributed by atoms with Crippen molar-refractivity contribution < 1.29 is 13.2 Å². The third kappa shape index (κ3) is 3.34. The van der Waals surface area contributed by atoms with Crippen LogP contribution in [0.1, 0.15) is 32.0 Å². The first-order chi connectivity index (χ1) is 9.54. The molecule has 1 saturated heterocycles. The van der Waals surface area contributed by atoms with Gasteiger partial charge in [-0.05, 0) is 19.3 Å². The SMILES string of the molecule is CCCS(=O)(=O)N1CCCC1C(=O)NCc1ncn[nH]1. The number of H-pyrrole nitrogens is 1. The molecule has 0 spiro atoms. The van der Waals surface area contributed by atoms with Gasteiger partial charge in [0.2, 0.25) is 15.9 Å². The summed E-state index contributed by atoms with van der Waals surface area (Å²) in [4.78, 5) is 16.0. The highest BCUT2D eigenvalue weighted by atomic mass is 32.2. The van der Waals surface area contributed by atoms with E-state index in [2.05, 4.69) is 20.5 Å². The van der Waals surface area contributed by atoms with Crippen LogP contribution in [0.3, 0.4) is 0 Å². The van der Waals surface area contributed by atoms with Gasteiger partial charge in [-0.3, -0.25) is 9.89 Å². The highest BCUT2D eigenvalue weighted by Gasteiger charge is 2.37. The normalized spacial score (nSPS) is 20.1. The van der Waals surface area contributed by atoms with Crippen LogP contribution < -0.4 is 5.32 Å². The molecule has 0 aliphatic carbocycles. The van der Waals surface area contributed by atoms with Gasteiger partial charge < -0.3 is 5.32 Å². The molecule has 2 rings (SSSR count). The monoisotopic (exact) mass is 301 g/mol. The maximum atomic E-state index is 12.1. The van der Waals surface area contributed by atoms with Crippen molar-refractivity contribution in [2.75, 3.05) is 12.3 Å². The summed E-state index contributed by atoms with van der Waals surface area (Å²) >= 11 is 0. The number of carbonyl (C=O) groups excluding carboxylic acids is 1. The second kappa shape index (κ2) is 6.31. The Hall–Kier alpha value is -1.48. The van der Waals surface area contributed by atoms with E-state index in [0.29, 0.717) is 31.6 Å². The third-order valence-corrected chi connectivity index (χ3v) is 5.30. The first-order valence-electron chi connectivity index (χ1n) is 6.66. The Morgan fingerprint density at radius 3 is 3.05 bits per heavy atom. The largest absolute Gasteiger partial charge is 0.347 e. The van der Waals surface area contributed by atoms with Crippen LogP contribution in [0.5, 0.6) is 0 Å². The van der Waals surface area contributed by atoms with Crippen molar-refractivity contribution in [3.05, 3.63) is 12.2 Å². The standard InChI is InChI=1S/C11H19N5O3S/c1-2-6-20(18,19)16-5-3-4-9(16)11(17)12-7-10-13-8-14-15-10/h8-9H,2-7H2,1H3,(H,12,17)(H,13,14,15). The van der Waals surface area contributed by atoms with E-state index in [4.69, 9.17) is 0 Å². The van der Waals surface area contributed by atoms with E-state index in [-0.39, 0.29) is 18.2 Å². The highest BCUT2D eigenvalue weighted by Crippen LogP contribution is 2.22. The molecule has 9 heteroatoms. The Morgan fingerprint density at radius 2 is 2.40 bits per heavy atom. The smallest absolute Gasteiger partial charge is 0.238 e. The lowest BCUT2D eigenvalue weighted by Crippen LogP contribution is -2.46. The van der Waals surface area contributed by atoms with Crippen LogP contribution in [0.15, 0.2) is 6.33 Å². The first kappa shape index (κ1) is 14.9. The van der Waals surface area contributed by atoms with E-state index in [1.54, 1.807) is 0 Å². The van der Waals surface area contributed by atoms with E-state index in [9.17, 15) is 13.2 Å². The average Bonchev–Trinajstić information content (AvgIpc) is 3.07. The Morgan fingerprint density at radius 1 is 1.60 bits per heavy atom. The van der Waals surface area contributed by atoms with E-state index >= 15 is 0 Å². The molecular weight excluding hydrogens is 282 g/mol. The van der Waals surface area contributed by atoms with Gasteiger partial charge in [0.15, 0.2) is 0 Å². The summed E-state index contributed by atoms with van der Waals surface area (Å²) in [6.45, 7) is 2.45. The van der Waals surface area contributed by atoms with Crippen molar-refractivity contribution in [2.24, 2.45) is 0 Å². The number of nitrogens with one attached hydrogen (secondary N) is 2. The van der Waals surface area contributed by atoms with Gasteiger partial charge in [-0.25, -0.2) is 13.4 Å². The molecule has 0 aromatic carbocycles. The molecule has 0 bridgehead atoms. The molecule has 1 amide bonds. The summed E-state index contributed by atoms with van der Waals surface area (Å²) in [5.74, 6) is 0.344. The van der Waals surface area contributed by atoms with Crippen LogP contribution in [0.4, 0.5) is 0 Å². The molecule has 1 atom stereocenters. The lowest BCUT2D eigenvalue weighted by molar-refractivity contribution is -0.124. The number of rotatable bonds is 6. The number of hydrogen-bond donors (Lipinski definition) is 2. The summed E-state index contributed by atoms with van der Waals surface area (Å²) in [7, 11) is -3.34. The molecule has 0 radical (unpaired) electrons. The second-order valence-corrected chi connectivity index (χ2v) is 6.78. The Kier molecular flexibility index (Phi) is 4.71. The maximum Gasteiger partial charge on any atom is 0.238 e.